The Kier molecular flexibility index (Phi) is 3.59. The second-order valence-electron chi connectivity index (χ2n) is 5.42. The molecule has 0 radical (unpaired) electrons. The van der Waals surface area contributed by atoms with Gasteiger partial charge in [-0.2, -0.15) is 5.10 Å². The van der Waals surface area contributed by atoms with Gasteiger partial charge in [0.1, 0.15) is 0 Å². The fraction of sp³-hybridized carbons (Fsp3) is 0.0526. The molecule has 0 bridgehead atoms. The second kappa shape index (κ2) is 6.04. The largest absolute Gasteiger partial charge is 0.264 e. The molecule has 0 amide bonds. The molecule has 3 heterocycles. The van der Waals surface area contributed by atoms with E-state index in [0.29, 0.717) is 5.82 Å². The van der Waals surface area contributed by atoms with Crippen molar-refractivity contribution in [2.24, 2.45) is 7.05 Å². The molecular formula is C19H15N5. The average molecular weight is 313 g/mol. The first kappa shape index (κ1) is 14.3. The predicted octanol–water partition coefficient (Wildman–Crippen LogP) is 3.61. The summed E-state index contributed by atoms with van der Waals surface area (Å²) < 4.78 is 1.76. The monoisotopic (exact) mass is 313 g/mol. The lowest BCUT2D eigenvalue weighted by Crippen LogP contribution is -1.94. The van der Waals surface area contributed by atoms with Gasteiger partial charge in [0.2, 0.25) is 0 Å². The molecule has 5 nitrogen and oxygen atoms in total. The van der Waals surface area contributed by atoms with Crippen LogP contribution >= 0.6 is 0 Å². The van der Waals surface area contributed by atoms with E-state index in [1.165, 1.54) is 0 Å². The third-order valence-corrected chi connectivity index (χ3v) is 3.77. The van der Waals surface area contributed by atoms with Crippen molar-refractivity contribution in [2.45, 2.75) is 0 Å². The molecule has 0 atom stereocenters. The van der Waals surface area contributed by atoms with E-state index in [9.17, 15) is 0 Å². The number of benzene rings is 1. The van der Waals surface area contributed by atoms with E-state index >= 15 is 0 Å². The maximum atomic E-state index is 4.62. The summed E-state index contributed by atoms with van der Waals surface area (Å²) in [7, 11) is 1.88. The molecule has 0 aliphatic rings. The van der Waals surface area contributed by atoms with E-state index in [0.717, 1.165) is 28.2 Å². The van der Waals surface area contributed by atoms with E-state index in [4.69, 9.17) is 0 Å². The van der Waals surface area contributed by atoms with Crippen LogP contribution in [0.15, 0.2) is 73.2 Å². The summed E-state index contributed by atoms with van der Waals surface area (Å²) >= 11 is 0. The summed E-state index contributed by atoms with van der Waals surface area (Å²) in [4.78, 5) is 13.3. The van der Waals surface area contributed by atoms with Gasteiger partial charge in [-0.15, -0.1) is 0 Å². The summed E-state index contributed by atoms with van der Waals surface area (Å²) in [6.07, 6.45) is 5.34. The number of nitrogens with zero attached hydrogens (tertiary/aromatic N) is 5. The van der Waals surface area contributed by atoms with E-state index in [-0.39, 0.29) is 0 Å². The number of hydrogen-bond acceptors (Lipinski definition) is 4. The van der Waals surface area contributed by atoms with Crippen LogP contribution < -0.4 is 0 Å². The zero-order valence-corrected chi connectivity index (χ0v) is 13.2. The maximum Gasteiger partial charge on any atom is 0.183 e. The normalized spacial score (nSPS) is 10.7. The van der Waals surface area contributed by atoms with E-state index in [1.807, 2.05) is 67.8 Å². The first-order valence-corrected chi connectivity index (χ1v) is 7.64. The van der Waals surface area contributed by atoms with Gasteiger partial charge in [-0.3, -0.25) is 9.97 Å². The molecule has 0 aliphatic heterocycles. The zero-order chi connectivity index (χ0) is 16.4. The van der Waals surface area contributed by atoms with Crippen LogP contribution in [0.2, 0.25) is 0 Å². The third-order valence-electron chi connectivity index (χ3n) is 3.77. The van der Waals surface area contributed by atoms with Crippen LogP contribution in [-0.4, -0.2) is 24.7 Å². The minimum atomic E-state index is 0.656. The number of hydrogen-bond donors (Lipinski definition) is 0. The molecule has 4 aromatic rings. The molecule has 0 saturated carbocycles. The number of pyridine rings is 2. The molecular weight excluding hydrogens is 298 g/mol. The van der Waals surface area contributed by atoms with Crippen LogP contribution in [0, 0.1) is 0 Å². The van der Waals surface area contributed by atoms with Crippen LogP contribution in [-0.2, 0) is 7.05 Å². The average Bonchev–Trinajstić information content (AvgIpc) is 3.05. The number of rotatable bonds is 3. The van der Waals surface area contributed by atoms with Gasteiger partial charge < -0.3 is 0 Å². The fourth-order valence-corrected chi connectivity index (χ4v) is 2.56. The smallest absolute Gasteiger partial charge is 0.183 e. The topological polar surface area (TPSA) is 56.5 Å². The van der Waals surface area contributed by atoms with Crippen LogP contribution in [0.3, 0.4) is 0 Å². The molecule has 0 saturated heterocycles. The lowest BCUT2D eigenvalue weighted by atomic mass is 10.1. The molecule has 3 aromatic heterocycles. The highest BCUT2D eigenvalue weighted by Crippen LogP contribution is 2.23. The summed E-state index contributed by atoms with van der Waals surface area (Å²) in [5.41, 5.74) is 3.85. The summed E-state index contributed by atoms with van der Waals surface area (Å²) in [5.74, 6) is 1.44. The number of aromatic nitrogens is 5. The first-order chi connectivity index (χ1) is 11.8. The molecule has 5 heteroatoms. The SMILES string of the molecule is Cn1nc(-c2ccc(-c3ccccc3)nc2)nc1-c1cccnc1. The summed E-state index contributed by atoms with van der Waals surface area (Å²) in [6, 6.07) is 17.9. The van der Waals surface area contributed by atoms with Crippen molar-refractivity contribution in [3.63, 3.8) is 0 Å². The van der Waals surface area contributed by atoms with E-state index in [1.54, 1.807) is 17.1 Å². The van der Waals surface area contributed by atoms with Gasteiger partial charge in [0.15, 0.2) is 11.6 Å². The van der Waals surface area contributed by atoms with Gasteiger partial charge in [0, 0.05) is 42.3 Å². The molecule has 0 aliphatic carbocycles. The minimum Gasteiger partial charge on any atom is -0.264 e. The van der Waals surface area contributed by atoms with Crippen molar-refractivity contribution < 1.29 is 0 Å². The fourth-order valence-electron chi connectivity index (χ4n) is 2.56. The molecule has 0 N–H and O–H groups in total. The summed E-state index contributed by atoms with van der Waals surface area (Å²) in [6.45, 7) is 0. The molecule has 0 fully saturated rings. The van der Waals surface area contributed by atoms with Crippen LogP contribution in [0.1, 0.15) is 0 Å². The maximum absolute atomic E-state index is 4.62. The molecule has 4 rings (SSSR count). The zero-order valence-electron chi connectivity index (χ0n) is 13.2. The van der Waals surface area contributed by atoms with Crippen molar-refractivity contribution in [3.05, 3.63) is 73.2 Å². The van der Waals surface area contributed by atoms with Gasteiger partial charge in [0.05, 0.1) is 5.69 Å². The lowest BCUT2D eigenvalue weighted by molar-refractivity contribution is 0.777. The quantitative estimate of drug-likeness (QED) is 0.580. The molecule has 24 heavy (non-hydrogen) atoms. The van der Waals surface area contributed by atoms with Crippen molar-refractivity contribution in [1.29, 1.82) is 0 Å². The standard InChI is InChI=1S/C19H15N5/c1-24-19(16-8-5-11-20-12-16)22-18(23-24)15-9-10-17(21-13-15)14-6-3-2-4-7-14/h2-13H,1H3. The Balaban J connectivity index is 1.68. The Morgan fingerprint density at radius 3 is 2.33 bits per heavy atom. The van der Waals surface area contributed by atoms with Crippen LogP contribution in [0.4, 0.5) is 0 Å². The Bertz CT molecular complexity index is 944. The highest BCUT2D eigenvalue weighted by Gasteiger charge is 2.11. The van der Waals surface area contributed by atoms with Gasteiger partial charge in [-0.25, -0.2) is 9.67 Å². The third kappa shape index (κ3) is 2.67. The van der Waals surface area contributed by atoms with Crippen molar-refractivity contribution in [1.82, 2.24) is 24.7 Å². The minimum absolute atomic E-state index is 0.656. The van der Waals surface area contributed by atoms with Crippen LogP contribution in [0.25, 0.3) is 34.0 Å². The van der Waals surface area contributed by atoms with Gasteiger partial charge in [-0.1, -0.05) is 30.3 Å². The van der Waals surface area contributed by atoms with Gasteiger partial charge >= 0.3 is 0 Å². The van der Waals surface area contributed by atoms with Gasteiger partial charge in [0.25, 0.3) is 0 Å². The predicted molar refractivity (Wildman–Crippen MR) is 92.9 cm³/mol. The van der Waals surface area contributed by atoms with Crippen molar-refractivity contribution >= 4 is 0 Å². The number of aryl methyl sites for hydroxylation is 1. The Hall–Kier alpha value is -3.34. The van der Waals surface area contributed by atoms with Crippen molar-refractivity contribution in [3.8, 4) is 34.0 Å². The molecule has 0 spiro atoms. The Morgan fingerprint density at radius 1 is 0.792 bits per heavy atom. The summed E-state index contributed by atoms with van der Waals surface area (Å²) in [5, 5.41) is 4.50. The van der Waals surface area contributed by atoms with E-state index < -0.39 is 0 Å². The Labute approximate surface area is 139 Å². The van der Waals surface area contributed by atoms with E-state index in [2.05, 4.69) is 20.1 Å². The highest BCUT2D eigenvalue weighted by atomic mass is 15.3. The van der Waals surface area contributed by atoms with Gasteiger partial charge in [-0.05, 0) is 24.3 Å². The second-order valence-corrected chi connectivity index (χ2v) is 5.42. The van der Waals surface area contributed by atoms with Crippen molar-refractivity contribution in [2.75, 3.05) is 0 Å². The Morgan fingerprint density at radius 2 is 1.62 bits per heavy atom. The highest BCUT2D eigenvalue weighted by molar-refractivity contribution is 5.64. The first-order valence-electron chi connectivity index (χ1n) is 7.64. The lowest BCUT2D eigenvalue weighted by Gasteiger charge is -2.01. The molecule has 116 valence electrons. The van der Waals surface area contributed by atoms with Crippen LogP contribution in [0.5, 0.6) is 0 Å². The molecule has 0 unspecified atom stereocenters. The molecule has 1 aromatic carbocycles.